The minimum atomic E-state index is -2.10. The third-order valence-corrected chi connectivity index (χ3v) is 5.85. The summed E-state index contributed by atoms with van der Waals surface area (Å²) < 4.78 is 10.7. The second-order valence-electron chi connectivity index (χ2n) is 9.66. The summed E-state index contributed by atoms with van der Waals surface area (Å²) >= 11 is 0. The fraction of sp³-hybridized carbons (Fsp3) is 0.625. The molecular weight excluding hydrogens is 398 g/mol. The molecule has 7 nitrogen and oxygen atoms in total. The summed E-state index contributed by atoms with van der Waals surface area (Å²) in [6, 6.07) is 9.51. The molecule has 0 saturated heterocycles. The molecule has 2 rings (SSSR count). The summed E-state index contributed by atoms with van der Waals surface area (Å²) in [6.07, 6.45) is 5.07. The highest BCUT2D eigenvalue weighted by molar-refractivity contribution is 6.03. The van der Waals surface area contributed by atoms with Crippen LogP contribution >= 0.6 is 0 Å². The van der Waals surface area contributed by atoms with Gasteiger partial charge in [0.2, 0.25) is 5.54 Å². The molecule has 31 heavy (non-hydrogen) atoms. The number of benzene rings is 1. The average Bonchev–Trinajstić information content (AvgIpc) is 3.13. The first-order chi connectivity index (χ1) is 14.5. The highest BCUT2D eigenvalue weighted by atomic mass is 16.6. The number of hydrogen-bond donors (Lipinski definition) is 2. The number of esters is 2. The Morgan fingerprint density at radius 2 is 1.71 bits per heavy atom. The molecule has 1 aliphatic carbocycles. The second kappa shape index (κ2) is 10.3. The van der Waals surface area contributed by atoms with Crippen molar-refractivity contribution in [2.45, 2.75) is 89.9 Å². The first-order valence-electron chi connectivity index (χ1n) is 10.9. The van der Waals surface area contributed by atoms with E-state index < -0.39 is 23.1 Å². The third kappa shape index (κ3) is 7.35. The predicted molar refractivity (Wildman–Crippen MR) is 116 cm³/mol. The molecule has 0 amide bonds. The molecule has 1 aliphatic rings. The number of nitrogens with two attached hydrogens (primary N) is 1. The Hall–Kier alpha value is -2.41. The first-order valence-corrected chi connectivity index (χ1v) is 10.9. The summed E-state index contributed by atoms with van der Waals surface area (Å²) in [5.41, 5.74) is 3.74. The van der Waals surface area contributed by atoms with E-state index in [2.05, 4.69) is 0 Å². The van der Waals surface area contributed by atoms with E-state index in [0.29, 0.717) is 12.8 Å². The summed E-state index contributed by atoms with van der Waals surface area (Å²) in [4.78, 5) is 36.7. The largest absolute Gasteiger partial charge is 0.479 e. The van der Waals surface area contributed by atoms with Gasteiger partial charge in [0.25, 0.3) is 0 Å². The first kappa shape index (κ1) is 24.9. The SMILES string of the molecule is CC(C)(C)OC(=O)C(N)(CCCC1(CC(=O)OCc2ccccc2)CCCC1)C(=O)O. The van der Waals surface area contributed by atoms with Crippen molar-refractivity contribution in [3.05, 3.63) is 35.9 Å². The van der Waals surface area contributed by atoms with E-state index in [1.54, 1.807) is 20.8 Å². The van der Waals surface area contributed by atoms with Crippen LogP contribution < -0.4 is 5.73 Å². The van der Waals surface area contributed by atoms with Crippen molar-refractivity contribution < 1.29 is 29.0 Å². The zero-order valence-electron chi connectivity index (χ0n) is 18.8. The minimum Gasteiger partial charge on any atom is -0.479 e. The van der Waals surface area contributed by atoms with Crippen molar-refractivity contribution in [2.75, 3.05) is 0 Å². The van der Waals surface area contributed by atoms with Gasteiger partial charge in [-0.3, -0.25) is 4.79 Å². The van der Waals surface area contributed by atoms with Crippen LogP contribution in [0.1, 0.15) is 77.7 Å². The van der Waals surface area contributed by atoms with Crippen LogP contribution in [0, 0.1) is 5.41 Å². The molecular formula is C24H35NO6. The summed E-state index contributed by atoms with van der Waals surface area (Å²) in [7, 11) is 0. The molecule has 0 aliphatic heterocycles. The maximum absolute atomic E-state index is 12.5. The summed E-state index contributed by atoms with van der Waals surface area (Å²) in [5, 5.41) is 9.58. The average molecular weight is 434 g/mol. The zero-order chi connectivity index (χ0) is 23.1. The van der Waals surface area contributed by atoms with Crippen molar-refractivity contribution in [2.24, 2.45) is 11.1 Å². The molecule has 3 N–H and O–H groups in total. The minimum absolute atomic E-state index is 0.0436. The van der Waals surface area contributed by atoms with Crippen LogP contribution in [0.25, 0.3) is 0 Å². The van der Waals surface area contributed by atoms with Gasteiger partial charge in [-0.15, -0.1) is 0 Å². The van der Waals surface area contributed by atoms with Crippen molar-refractivity contribution in [1.82, 2.24) is 0 Å². The van der Waals surface area contributed by atoms with Gasteiger partial charge < -0.3 is 20.3 Å². The van der Waals surface area contributed by atoms with E-state index in [0.717, 1.165) is 31.2 Å². The van der Waals surface area contributed by atoms with E-state index in [-0.39, 0.29) is 30.8 Å². The quantitative estimate of drug-likeness (QED) is 0.423. The van der Waals surface area contributed by atoms with Gasteiger partial charge >= 0.3 is 17.9 Å². The standard InChI is InChI=1S/C24H35NO6/c1-22(2,3)31-21(29)24(25,20(27)28)15-9-14-23(12-7-8-13-23)16-19(26)30-17-18-10-5-4-6-11-18/h4-6,10-11H,7-9,12-17,25H2,1-3H3,(H,27,28). The number of ether oxygens (including phenoxy) is 2. The number of carbonyl (C=O) groups is 3. The topological polar surface area (TPSA) is 116 Å². The number of carboxylic acids is 1. The van der Waals surface area contributed by atoms with Gasteiger partial charge in [0, 0.05) is 0 Å². The van der Waals surface area contributed by atoms with Crippen LogP contribution in [0.3, 0.4) is 0 Å². The van der Waals surface area contributed by atoms with Crippen LogP contribution in [0.4, 0.5) is 0 Å². The van der Waals surface area contributed by atoms with E-state index in [1.807, 2.05) is 30.3 Å². The van der Waals surface area contributed by atoms with Crippen molar-refractivity contribution in [1.29, 1.82) is 0 Å². The van der Waals surface area contributed by atoms with Gasteiger partial charge in [0.1, 0.15) is 12.2 Å². The molecule has 7 heteroatoms. The Balaban J connectivity index is 1.94. The molecule has 1 atom stereocenters. The Morgan fingerprint density at radius 1 is 1.10 bits per heavy atom. The number of hydrogen-bond acceptors (Lipinski definition) is 6. The Kier molecular flexibility index (Phi) is 8.23. The molecule has 0 radical (unpaired) electrons. The lowest BCUT2D eigenvalue weighted by Gasteiger charge is -2.31. The molecule has 1 aromatic rings. The van der Waals surface area contributed by atoms with Crippen LogP contribution in [-0.4, -0.2) is 34.2 Å². The molecule has 0 bridgehead atoms. The van der Waals surface area contributed by atoms with Gasteiger partial charge in [-0.1, -0.05) is 43.2 Å². The third-order valence-electron chi connectivity index (χ3n) is 5.85. The fourth-order valence-electron chi connectivity index (χ4n) is 4.14. The summed E-state index contributed by atoms with van der Waals surface area (Å²) in [5.74, 6) is -2.59. The molecule has 0 aromatic heterocycles. The summed E-state index contributed by atoms with van der Waals surface area (Å²) in [6.45, 7) is 5.24. The smallest absolute Gasteiger partial charge is 0.338 e. The van der Waals surface area contributed by atoms with Gasteiger partial charge in [0.05, 0.1) is 6.42 Å². The molecule has 1 saturated carbocycles. The number of rotatable bonds is 10. The number of aliphatic carboxylic acids is 1. The van der Waals surface area contributed by atoms with Gasteiger partial charge in [0.15, 0.2) is 0 Å². The molecule has 172 valence electrons. The normalized spacial score (nSPS) is 17.5. The Morgan fingerprint density at radius 3 is 2.26 bits per heavy atom. The predicted octanol–water partition coefficient (Wildman–Crippen LogP) is 3.97. The van der Waals surface area contributed by atoms with Crippen molar-refractivity contribution in [3.63, 3.8) is 0 Å². The highest BCUT2D eigenvalue weighted by Crippen LogP contribution is 2.45. The van der Waals surface area contributed by atoms with Crippen LogP contribution in [-0.2, 0) is 30.5 Å². The zero-order valence-corrected chi connectivity index (χ0v) is 18.8. The Bertz CT molecular complexity index is 764. The van der Waals surface area contributed by atoms with Gasteiger partial charge in [-0.05, 0) is 63.9 Å². The van der Waals surface area contributed by atoms with Crippen LogP contribution in [0.2, 0.25) is 0 Å². The molecule has 1 fully saturated rings. The maximum Gasteiger partial charge on any atom is 0.338 e. The molecule has 1 unspecified atom stereocenters. The van der Waals surface area contributed by atoms with Gasteiger partial charge in [-0.2, -0.15) is 0 Å². The van der Waals surface area contributed by atoms with E-state index in [9.17, 15) is 19.5 Å². The molecule has 0 spiro atoms. The highest BCUT2D eigenvalue weighted by Gasteiger charge is 2.46. The van der Waals surface area contributed by atoms with Gasteiger partial charge in [-0.25, -0.2) is 9.59 Å². The van der Waals surface area contributed by atoms with E-state index in [1.165, 1.54) is 0 Å². The number of carbonyl (C=O) groups excluding carboxylic acids is 2. The lowest BCUT2D eigenvalue weighted by Crippen LogP contribution is -2.57. The van der Waals surface area contributed by atoms with Crippen molar-refractivity contribution >= 4 is 17.9 Å². The van der Waals surface area contributed by atoms with Crippen LogP contribution in [0.5, 0.6) is 0 Å². The fourth-order valence-corrected chi connectivity index (χ4v) is 4.14. The Labute approximate surface area is 184 Å². The van der Waals surface area contributed by atoms with Crippen molar-refractivity contribution in [3.8, 4) is 0 Å². The monoisotopic (exact) mass is 433 g/mol. The number of carboxylic acid groups (broad SMARTS) is 1. The lowest BCUT2D eigenvalue weighted by atomic mass is 9.77. The van der Waals surface area contributed by atoms with Crippen LogP contribution in [0.15, 0.2) is 30.3 Å². The second-order valence-corrected chi connectivity index (χ2v) is 9.66. The molecule has 0 heterocycles. The van der Waals surface area contributed by atoms with E-state index >= 15 is 0 Å². The maximum atomic E-state index is 12.5. The lowest BCUT2D eigenvalue weighted by molar-refractivity contribution is -0.169. The van der Waals surface area contributed by atoms with E-state index in [4.69, 9.17) is 15.2 Å². The molecule has 1 aromatic carbocycles.